The minimum Gasteiger partial charge on any atom is -0.340 e. The summed E-state index contributed by atoms with van der Waals surface area (Å²) in [6.45, 7) is 5.47. The Morgan fingerprint density at radius 2 is 2.33 bits per heavy atom. The topological polar surface area (TPSA) is 32.3 Å². The van der Waals surface area contributed by atoms with Gasteiger partial charge in [0.1, 0.15) is 0 Å². The van der Waals surface area contributed by atoms with Crippen molar-refractivity contribution in [3.05, 3.63) is 0 Å². The Morgan fingerprint density at radius 1 is 1.47 bits per heavy atom. The van der Waals surface area contributed by atoms with Crippen molar-refractivity contribution < 1.29 is 4.79 Å². The Kier molecular flexibility index (Phi) is 3.62. The number of nitrogens with one attached hydrogen (secondary N) is 1. The first-order valence-electron chi connectivity index (χ1n) is 6.27. The van der Waals surface area contributed by atoms with E-state index in [0.717, 1.165) is 38.4 Å². The summed E-state index contributed by atoms with van der Waals surface area (Å²) in [6, 6.07) is 0.473. The number of hydrogen-bond acceptors (Lipinski definition) is 2. The summed E-state index contributed by atoms with van der Waals surface area (Å²) in [5.74, 6) is 1.17. The van der Waals surface area contributed by atoms with Crippen LogP contribution in [0.2, 0.25) is 0 Å². The highest BCUT2D eigenvalue weighted by Gasteiger charge is 2.25. The molecule has 2 unspecified atom stereocenters. The van der Waals surface area contributed by atoms with E-state index in [0.29, 0.717) is 11.9 Å². The molecule has 0 aromatic carbocycles. The van der Waals surface area contributed by atoms with E-state index >= 15 is 0 Å². The van der Waals surface area contributed by atoms with Gasteiger partial charge in [-0.05, 0) is 51.6 Å². The summed E-state index contributed by atoms with van der Waals surface area (Å²) >= 11 is 0. The quantitative estimate of drug-likeness (QED) is 0.763. The van der Waals surface area contributed by atoms with Crippen molar-refractivity contribution in [2.75, 3.05) is 19.6 Å². The first-order chi connectivity index (χ1) is 7.27. The molecule has 2 heterocycles. The molecule has 2 aliphatic rings. The van der Waals surface area contributed by atoms with Crippen LogP contribution in [0, 0.1) is 5.92 Å². The van der Waals surface area contributed by atoms with Gasteiger partial charge in [-0.1, -0.05) is 0 Å². The molecule has 2 saturated heterocycles. The summed E-state index contributed by atoms with van der Waals surface area (Å²) in [4.78, 5) is 13.8. The lowest BCUT2D eigenvalue weighted by Crippen LogP contribution is -2.42. The van der Waals surface area contributed by atoms with Crippen LogP contribution in [0.25, 0.3) is 0 Å². The molecule has 3 nitrogen and oxygen atoms in total. The van der Waals surface area contributed by atoms with Gasteiger partial charge < -0.3 is 10.2 Å². The number of hydrogen-bond donors (Lipinski definition) is 1. The minimum atomic E-state index is 0.375. The number of rotatable bonds is 3. The highest BCUT2D eigenvalue weighted by atomic mass is 16.2. The predicted octanol–water partition coefficient (Wildman–Crippen LogP) is 1.39. The van der Waals surface area contributed by atoms with Gasteiger partial charge in [0.2, 0.25) is 5.91 Å². The van der Waals surface area contributed by atoms with Gasteiger partial charge in [-0.3, -0.25) is 4.79 Å². The van der Waals surface area contributed by atoms with Crippen LogP contribution in [0.4, 0.5) is 0 Å². The zero-order chi connectivity index (χ0) is 10.7. The van der Waals surface area contributed by atoms with E-state index in [9.17, 15) is 4.79 Å². The molecular formula is C12H22N2O. The summed E-state index contributed by atoms with van der Waals surface area (Å²) in [7, 11) is 0. The summed E-state index contributed by atoms with van der Waals surface area (Å²) in [5.41, 5.74) is 0. The first kappa shape index (κ1) is 10.9. The molecule has 86 valence electrons. The molecule has 3 heteroatoms. The van der Waals surface area contributed by atoms with E-state index in [1.165, 1.54) is 19.3 Å². The Morgan fingerprint density at radius 3 is 3.00 bits per heavy atom. The lowest BCUT2D eigenvalue weighted by atomic mass is 10.00. The number of amides is 1. The van der Waals surface area contributed by atoms with Crippen LogP contribution in [0.1, 0.15) is 39.0 Å². The molecule has 0 radical (unpaired) electrons. The van der Waals surface area contributed by atoms with Crippen LogP contribution >= 0.6 is 0 Å². The molecular weight excluding hydrogens is 188 g/mol. The molecule has 0 aliphatic carbocycles. The highest BCUT2D eigenvalue weighted by molar-refractivity contribution is 5.77. The molecule has 0 saturated carbocycles. The molecule has 2 rings (SSSR count). The lowest BCUT2D eigenvalue weighted by molar-refractivity contribution is -0.136. The summed E-state index contributed by atoms with van der Waals surface area (Å²) in [5, 5.41) is 3.38. The second kappa shape index (κ2) is 4.97. The Labute approximate surface area is 92.2 Å². The molecule has 2 atom stereocenters. The second-order valence-corrected chi connectivity index (χ2v) is 4.98. The van der Waals surface area contributed by atoms with E-state index in [1.54, 1.807) is 0 Å². The van der Waals surface area contributed by atoms with Gasteiger partial charge >= 0.3 is 0 Å². The SMILES string of the molecule is CC1CCCC(=O)N1CCC1CCNC1. The van der Waals surface area contributed by atoms with E-state index in [-0.39, 0.29) is 0 Å². The van der Waals surface area contributed by atoms with Gasteiger partial charge in [0.15, 0.2) is 0 Å². The second-order valence-electron chi connectivity index (χ2n) is 4.98. The molecule has 1 amide bonds. The van der Waals surface area contributed by atoms with Crippen molar-refractivity contribution in [2.24, 2.45) is 5.92 Å². The van der Waals surface area contributed by atoms with Crippen LogP contribution < -0.4 is 5.32 Å². The van der Waals surface area contributed by atoms with Crippen molar-refractivity contribution in [3.63, 3.8) is 0 Å². The smallest absolute Gasteiger partial charge is 0.222 e. The Hall–Kier alpha value is -0.570. The van der Waals surface area contributed by atoms with Crippen LogP contribution in [0.5, 0.6) is 0 Å². The Bertz CT molecular complexity index is 224. The monoisotopic (exact) mass is 210 g/mol. The number of nitrogens with zero attached hydrogens (tertiary/aromatic N) is 1. The van der Waals surface area contributed by atoms with Gasteiger partial charge in [-0.15, -0.1) is 0 Å². The number of likely N-dealkylation sites (tertiary alicyclic amines) is 1. The average molecular weight is 210 g/mol. The van der Waals surface area contributed by atoms with E-state index in [2.05, 4.69) is 17.1 Å². The third-order valence-corrected chi connectivity index (χ3v) is 3.81. The van der Waals surface area contributed by atoms with Crippen LogP contribution in [0.3, 0.4) is 0 Å². The lowest BCUT2D eigenvalue weighted by Gasteiger charge is -2.34. The fraction of sp³-hybridized carbons (Fsp3) is 0.917. The molecule has 15 heavy (non-hydrogen) atoms. The fourth-order valence-electron chi connectivity index (χ4n) is 2.72. The van der Waals surface area contributed by atoms with Crippen LogP contribution in [-0.2, 0) is 4.79 Å². The van der Waals surface area contributed by atoms with E-state index < -0.39 is 0 Å². The minimum absolute atomic E-state index is 0.375. The van der Waals surface area contributed by atoms with Gasteiger partial charge in [-0.25, -0.2) is 0 Å². The zero-order valence-electron chi connectivity index (χ0n) is 9.67. The van der Waals surface area contributed by atoms with Crippen LogP contribution in [0.15, 0.2) is 0 Å². The third-order valence-electron chi connectivity index (χ3n) is 3.81. The van der Waals surface area contributed by atoms with Crippen molar-refractivity contribution in [2.45, 2.75) is 45.1 Å². The molecule has 0 aromatic heterocycles. The average Bonchev–Trinajstić information content (AvgIpc) is 2.70. The number of carbonyl (C=O) groups is 1. The van der Waals surface area contributed by atoms with Gasteiger partial charge in [0.05, 0.1) is 0 Å². The van der Waals surface area contributed by atoms with Gasteiger partial charge in [-0.2, -0.15) is 0 Å². The van der Waals surface area contributed by atoms with Crippen molar-refractivity contribution in [3.8, 4) is 0 Å². The van der Waals surface area contributed by atoms with Crippen molar-refractivity contribution in [1.82, 2.24) is 10.2 Å². The van der Waals surface area contributed by atoms with Crippen molar-refractivity contribution >= 4 is 5.91 Å². The summed E-state index contributed by atoms with van der Waals surface area (Å²) < 4.78 is 0. The van der Waals surface area contributed by atoms with Crippen molar-refractivity contribution in [1.29, 1.82) is 0 Å². The highest BCUT2D eigenvalue weighted by Crippen LogP contribution is 2.20. The molecule has 2 fully saturated rings. The maximum atomic E-state index is 11.7. The molecule has 0 aromatic rings. The van der Waals surface area contributed by atoms with E-state index in [4.69, 9.17) is 0 Å². The molecule has 1 N–H and O–H groups in total. The maximum Gasteiger partial charge on any atom is 0.222 e. The molecule has 0 spiro atoms. The maximum absolute atomic E-state index is 11.7. The predicted molar refractivity (Wildman–Crippen MR) is 60.6 cm³/mol. The third kappa shape index (κ3) is 2.71. The fourth-order valence-corrected chi connectivity index (χ4v) is 2.72. The largest absolute Gasteiger partial charge is 0.340 e. The van der Waals surface area contributed by atoms with Gasteiger partial charge in [0.25, 0.3) is 0 Å². The molecule has 0 bridgehead atoms. The van der Waals surface area contributed by atoms with Crippen LogP contribution in [-0.4, -0.2) is 36.5 Å². The normalized spacial score (nSPS) is 32.3. The van der Waals surface area contributed by atoms with Gasteiger partial charge in [0, 0.05) is 19.0 Å². The zero-order valence-corrected chi connectivity index (χ0v) is 9.67. The standard InChI is InChI=1S/C12H22N2O/c1-10-3-2-4-12(15)14(10)8-6-11-5-7-13-9-11/h10-11,13H,2-9H2,1H3. The number of piperidine rings is 1. The Balaban J connectivity index is 1.78. The van der Waals surface area contributed by atoms with E-state index in [1.807, 2.05) is 0 Å². The number of carbonyl (C=O) groups excluding carboxylic acids is 1. The summed E-state index contributed by atoms with van der Waals surface area (Å²) in [6.07, 6.45) is 5.52. The first-order valence-corrected chi connectivity index (χ1v) is 6.27. The molecule has 2 aliphatic heterocycles.